The first-order valence-corrected chi connectivity index (χ1v) is 9.40. The van der Waals surface area contributed by atoms with Gasteiger partial charge in [-0.25, -0.2) is 0 Å². The van der Waals surface area contributed by atoms with Gasteiger partial charge in [-0.15, -0.1) is 0 Å². The maximum atomic E-state index is 6.83. The standard InChI is InChI=1S/C20H36NO/c1-20(2,14-21(3,4)5)19-17-12-7-6-10-15(17)16-11-8-9-13-18(16)22-19/h6,10,15-19H,7-9,11-14H2,1-5H3/q+1/t15-,16+,17+,18+,19-/m1/s1. The van der Waals surface area contributed by atoms with Crippen LogP contribution in [0.2, 0.25) is 0 Å². The second-order valence-electron chi connectivity index (χ2n) is 9.73. The minimum absolute atomic E-state index is 0.245. The van der Waals surface area contributed by atoms with Gasteiger partial charge >= 0.3 is 0 Å². The number of ether oxygens (including phenoxy) is 1. The molecule has 2 fully saturated rings. The Morgan fingerprint density at radius 2 is 1.77 bits per heavy atom. The lowest BCUT2D eigenvalue weighted by molar-refractivity contribution is -0.877. The molecule has 2 aliphatic carbocycles. The molecule has 0 radical (unpaired) electrons. The van der Waals surface area contributed by atoms with E-state index in [4.69, 9.17) is 4.74 Å². The Kier molecular flexibility index (Phi) is 4.46. The molecule has 2 heteroatoms. The van der Waals surface area contributed by atoms with Crippen molar-refractivity contribution in [3.8, 4) is 0 Å². The predicted octanol–water partition coefficient (Wildman–Crippen LogP) is 4.26. The Bertz CT molecular complexity index is 420. The van der Waals surface area contributed by atoms with Crippen LogP contribution in [0.4, 0.5) is 0 Å². The van der Waals surface area contributed by atoms with Crippen LogP contribution in [0, 0.1) is 23.2 Å². The Balaban J connectivity index is 1.85. The van der Waals surface area contributed by atoms with Crippen molar-refractivity contribution in [3.05, 3.63) is 12.2 Å². The first-order valence-electron chi connectivity index (χ1n) is 9.40. The highest BCUT2D eigenvalue weighted by Gasteiger charge is 2.51. The molecule has 0 unspecified atom stereocenters. The van der Waals surface area contributed by atoms with E-state index in [1.807, 2.05) is 0 Å². The van der Waals surface area contributed by atoms with Crippen molar-refractivity contribution in [1.82, 2.24) is 0 Å². The maximum Gasteiger partial charge on any atom is 0.0857 e. The molecule has 0 aromatic carbocycles. The largest absolute Gasteiger partial charge is 0.374 e. The summed E-state index contributed by atoms with van der Waals surface area (Å²) in [5.74, 6) is 2.32. The molecule has 3 rings (SSSR count). The van der Waals surface area contributed by atoms with Crippen LogP contribution in [0.5, 0.6) is 0 Å². The van der Waals surface area contributed by atoms with Gasteiger partial charge in [0.1, 0.15) is 0 Å². The third-order valence-electron chi connectivity index (χ3n) is 6.13. The Hall–Kier alpha value is -0.340. The number of quaternary nitrogens is 1. The normalized spacial score (nSPS) is 39.2. The second kappa shape index (κ2) is 5.94. The molecule has 1 saturated carbocycles. The number of hydrogen-bond acceptors (Lipinski definition) is 1. The topological polar surface area (TPSA) is 9.23 Å². The van der Waals surface area contributed by atoms with Gasteiger partial charge in [-0.2, -0.15) is 0 Å². The van der Waals surface area contributed by atoms with E-state index in [-0.39, 0.29) is 5.41 Å². The number of nitrogens with zero attached hydrogens (tertiary/aromatic N) is 1. The van der Waals surface area contributed by atoms with E-state index in [0.717, 1.165) is 22.2 Å². The molecule has 1 heterocycles. The van der Waals surface area contributed by atoms with E-state index >= 15 is 0 Å². The summed E-state index contributed by atoms with van der Waals surface area (Å²) in [6.45, 7) is 6.07. The average molecular weight is 307 g/mol. The lowest BCUT2D eigenvalue weighted by Gasteiger charge is -2.54. The van der Waals surface area contributed by atoms with Crippen molar-refractivity contribution in [2.75, 3.05) is 27.7 Å². The van der Waals surface area contributed by atoms with Gasteiger partial charge in [0.05, 0.1) is 39.9 Å². The molecule has 3 aliphatic rings. The smallest absolute Gasteiger partial charge is 0.0857 e. The molecule has 22 heavy (non-hydrogen) atoms. The molecular formula is C20H36NO+. The van der Waals surface area contributed by atoms with E-state index in [2.05, 4.69) is 47.1 Å². The zero-order chi connectivity index (χ0) is 16.0. The van der Waals surface area contributed by atoms with Crippen LogP contribution in [-0.4, -0.2) is 44.4 Å². The summed E-state index contributed by atoms with van der Waals surface area (Å²) in [5, 5.41) is 0. The van der Waals surface area contributed by atoms with Crippen LogP contribution in [0.15, 0.2) is 12.2 Å². The number of rotatable bonds is 3. The van der Waals surface area contributed by atoms with Crippen LogP contribution in [0.1, 0.15) is 52.4 Å². The third kappa shape index (κ3) is 3.28. The van der Waals surface area contributed by atoms with Crippen molar-refractivity contribution in [2.24, 2.45) is 23.2 Å². The highest BCUT2D eigenvalue weighted by molar-refractivity contribution is 5.08. The van der Waals surface area contributed by atoms with Gasteiger partial charge in [0.25, 0.3) is 0 Å². The third-order valence-corrected chi connectivity index (χ3v) is 6.13. The van der Waals surface area contributed by atoms with Gasteiger partial charge in [-0.3, -0.25) is 0 Å². The molecule has 0 bridgehead atoms. The van der Waals surface area contributed by atoms with Crippen LogP contribution in [-0.2, 0) is 4.74 Å². The monoisotopic (exact) mass is 306 g/mol. The molecule has 5 atom stereocenters. The van der Waals surface area contributed by atoms with Crippen LogP contribution < -0.4 is 0 Å². The highest BCUT2D eigenvalue weighted by atomic mass is 16.5. The zero-order valence-electron chi connectivity index (χ0n) is 15.3. The average Bonchev–Trinajstić information content (AvgIpc) is 2.44. The first kappa shape index (κ1) is 16.5. The lowest BCUT2D eigenvalue weighted by Crippen LogP contribution is -2.57. The van der Waals surface area contributed by atoms with Gasteiger partial charge in [0.15, 0.2) is 0 Å². The number of hydrogen-bond donors (Lipinski definition) is 0. The Labute approximate surface area is 137 Å². The Morgan fingerprint density at radius 1 is 1.05 bits per heavy atom. The number of allylic oxidation sites excluding steroid dienone is 2. The van der Waals surface area contributed by atoms with Crippen molar-refractivity contribution in [1.29, 1.82) is 0 Å². The van der Waals surface area contributed by atoms with Crippen molar-refractivity contribution >= 4 is 0 Å². The molecule has 0 amide bonds. The molecule has 1 saturated heterocycles. The van der Waals surface area contributed by atoms with Gasteiger partial charge in [-0.1, -0.05) is 38.8 Å². The zero-order valence-corrected chi connectivity index (χ0v) is 15.3. The Morgan fingerprint density at radius 3 is 2.50 bits per heavy atom. The predicted molar refractivity (Wildman–Crippen MR) is 92.7 cm³/mol. The van der Waals surface area contributed by atoms with E-state index in [1.165, 1.54) is 45.1 Å². The second-order valence-corrected chi connectivity index (χ2v) is 9.73. The van der Waals surface area contributed by atoms with E-state index in [1.54, 1.807) is 0 Å². The quantitative estimate of drug-likeness (QED) is 0.559. The molecule has 0 aromatic rings. The van der Waals surface area contributed by atoms with Crippen LogP contribution >= 0.6 is 0 Å². The van der Waals surface area contributed by atoms with Crippen LogP contribution in [0.25, 0.3) is 0 Å². The fourth-order valence-corrected chi connectivity index (χ4v) is 5.79. The fraction of sp³-hybridized carbons (Fsp3) is 0.900. The first-order chi connectivity index (χ1) is 10.3. The van der Waals surface area contributed by atoms with Crippen molar-refractivity contribution < 1.29 is 9.22 Å². The minimum atomic E-state index is 0.245. The highest BCUT2D eigenvalue weighted by Crippen LogP contribution is 2.50. The van der Waals surface area contributed by atoms with Gasteiger partial charge in [-0.05, 0) is 43.4 Å². The summed E-state index contributed by atoms with van der Waals surface area (Å²) in [7, 11) is 6.94. The van der Waals surface area contributed by atoms with Gasteiger partial charge in [0.2, 0.25) is 0 Å². The summed E-state index contributed by atoms with van der Waals surface area (Å²) in [4.78, 5) is 0. The summed E-state index contributed by atoms with van der Waals surface area (Å²) in [6, 6.07) is 0. The van der Waals surface area contributed by atoms with Gasteiger partial charge < -0.3 is 9.22 Å². The molecular weight excluding hydrogens is 270 g/mol. The van der Waals surface area contributed by atoms with E-state index in [9.17, 15) is 0 Å². The molecule has 0 aromatic heterocycles. The van der Waals surface area contributed by atoms with Crippen molar-refractivity contribution in [3.63, 3.8) is 0 Å². The van der Waals surface area contributed by atoms with E-state index in [0.29, 0.717) is 12.2 Å². The summed E-state index contributed by atoms with van der Waals surface area (Å²) < 4.78 is 7.85. The summed E-state index contributed by atoms with van der Waals surface area (Å²) in [5.41, 5.74) is 0.245. The minimum Gasteiger partial charge on any atom is -0.374 e. The van der Waals surface area contributed by atoms with Crippen LogP contribution in [0.3, 0.4) is 0 Å². The number of fused-ring (bicyclic) bond motifs is 3. The SMILES string of the molecule is CC(C)(C[N+](C)(C)C)[C@@H]1O[C@H]2CCCC[C@H]2[C@H]2C=CCC[C@@H]21. The van der Waals surface area contributed by atoms with E-state index < -0.39 is 0 Å². The van der Waals surface area contributed by atoms with Crippen molar-refractivity contribution in [2.45, 2.75) is 64.6 Å². The fourth-order valence-electron chi connectivity index (χ4n) is 5.79. The molecule has 0 N–H and O–H groups in total. The lowest BCUT2D eigenvalue weighted by atomic mass is 9.61. The maximum absolute atomic E-state index is 6.83. The molecule has 2 nitrogen and oxygen atoms in total. The molecule has 0 spiro atoms. The summed E-state index contributed by atoms with van der Waals surface area (Å²) in [6.07, 6.45) is 14.0. The molecule has 126 valence electrons. The van der Waals surface area contributed by atoms with Gasteiger partial charge in [0, 0.05) is 5.41 Å². The molecule has 1 aliphatic heterocycles. The summed E-state index contributed by atoms with van der Waals surface area (Å²) >= 11 is 0.